The highest BCUT2D eigenvalue weighted by atomic mass is 16.6. The number of aromatic nitrogens is 1. The van der Waals surface area contributed by atoms with Crippen LogP contribution < -0.4 is 10.6 Å². The average molecular weight is 268 g/mol. The summed E-state index contributed by atoms with van der Waals surface area (Å²) < 4.78 is 4.55. The molecule has 0 saturated carbocycles. The zero-order valence-electron chi connectivity index (χ0n) is 11.0. The Morgan fingerprint density at radius 2 is 2.26 bits per heavy atom. The van der Waals surface area contributed by atoms with Crippen LogP contribution in [0.15, 0.2) is 12.1 Å². The van der Waals surface area contributed by atoms with Gasteiger partial charge in [-0.3, -0.25) is 10.1 Å². The van der Waals surface area contributed by atoms with Crippen molar-refractivity contribution in [1.82, 2.24) is 4.98 Å². The van der Waals surface area contributed by atoms with E-state index in [9.17, 15) is 14.9 Å². The van der Waals surface area contributed by atoms with E-state index in [1.807, 2.05) is 6.92 Å². The second kappa shape index (κ2) is 6.53. The molecule has 1 atom stereocenters. The van der Waals surface area contributed by atoms with Crippen LogP contribution in [0.1, 0.15) is 13.8 Å². The van der Waals surface area contributed by atoms with Crippen LogP contribution in [-0.4, -0.2) is 35.6 Å². The van der Waals surface area contributed by atoms with Gasteiger partial charge in [-0.05, 0) is 19.9 Å². The van der Waals surface area contributed by atoms with Crippen LogP contribution >= 0.6 is 0 Å². The predicted molar refractivity (Wildman–Crippen MR) is 70.2 cm³/mol. The molecule has 0 spiro atoms. The van der Waals surface area contributed by atoms with Gasteiger partial charge in [0.05, 0.1) is 12.0 Å². The van der Waals surface area contributed by atoms with Crippen molar-refractivity contribution in [1.29, 1.82) is 0 Å². The number of pyridine rings is 1. The number of hydrogen-bond donors (Lipinski definition) is 2. The van der Waals surface area contributed by atoms with E-state index in [-0.39, 0.29) is 11.5 Å². The Kier molecular flexibility index (Phi) is 5.04. The maximum absolute atomic E-state index is 11.3. The molecule has 0 radical (unpaired) electrons. The highest BCUT2D eigenvalue weighted by Gasteiger charge is 2.21. The molecule has 8 heteroatoms. The van der Waals surface area contributed by atoms with Gasteiger partial charge in [-0.25, -0.2) is 9.78 Å². The molecule has 1 aromatic heterocycles. The fraction of sp³-hybridized carbons (Fsp3) is 0.455. The van der Waals surface area contributed by atoms with E-state index < -0.39 is 16.9 Å². The molecule has 1 unspecified atom stereocenters. The van der Waals surface area contributed by atoms with E-state index >= 15 is 0 Å². The van der Waals surface area contributed by atoms with Gasteiger partial charge in [-0.1, -0.05) is 0 Å². The molecule has 0 fully saturated rings. The van der Waals surface area contributed by atoms with Crippen LogP contribution in [0.3, 0.4) is 0 Å². The molecule has 0 aliphatic carbocycles. The summed E-state index contributed by atoms with van der Waals surface area (Å²) in [6.45, 7) is 4.06. The summed E-state index contributed by atoms with van der Waals surface area (Å²) in [7, 11) is 1.25. The van der Waals surface area contributed by atoms with Gasteiger partial charge < -0.3 is 15.4 Å². The first kappa shape index (κ1) is 14.7. The zero-order chi connectivity index (χ0) is 14.4. The van der Waals surface area contributed by atoms with Crippen LogP contribution in [0.5, 0.6) is 0 Å². The highest BCUT2D eigenvalue weighted by molar-refractivity contribution is 5.79. The highest BCUT2D eigenvalue weighted by Crippen LogP contribution is 2.24. The van der Waals surface area contributed by atoms with Crippen LogP contribution in [0.25, 0.3) is 0 Å². The summed E-state index contributed by atoms with van der Waals surface area (Å²) in [5.41, 5.74) is -0.197. The minimum atomic E-state index is -0.729. The third kappa shape index (κ3) is 3.80. The quantitative estimate of drug-likeness (QED) is 0.456. The smallest absolute Gasteiger partial charge is 0.328 e. The minimum absolute atomic E-state index is 0.0290. The minimum Gasteiger partial charge on any atom is -0.467 e. The van der Waals surface area contributed by atoms with Crippen molar-refractivity contribution in [2.24, 2.45) is 0 Å². The number of methoxy groups -OCH3 is 1. The van der Waals surface area contributed by atoms with Crippen molar-refractivity contribution in [3.05, 3.63) is 22.2 Å². The van der Waals surface area contributed by atoms with E-state index in [0.717, 1.165) is 0 Å². The molecule has 19 heavy (non-hydrogen) atoms. The van der Waals surface area contributed by atoms with Crippen LogP contribution in [0, 0.1) is 10.1 Å². The number of ether oxygens (including phenoxy) is 1. The van der Waals surface area contributed by atoms with Crippen LogP contribution in [0.4, 0.5) is 17.3 Å². The lowest BCUT2D eigenvalue weighted by Crippen LogP contribution is -2.28. The summed E-state index contributed by atoms with van der Waals surface area (Å²) in [4.78, 5) is 25.7. The largest absolute Gasteiger partial charge is 0.467 e. The second-order valence-electron chi connectivity index (χ2n) is 3.74. The maximum Gasteiger partial charge on any atom is 0.328 e. The topological polar surface area (TPSA) is 106 Å². The Bertz CT molecular complexity index is 478. The van der Waals surface area contributed by atoms with Gasteiger partial charge in [0.15, 0.2) is 0 Å². The normalized spacial score (nSPS) is 11.5. The third-order valence-electron chi connectivity index (χ3n) is 2.34. The Morgan fingerprint density at radius 1 is 1.58 bits per heavy atom. The number of carbonyl (C=O) groups is 1. The molecule has 8 nitrogen and oxygen atoms in total. The van der Waals surface area contributed by atoms with Gasteiger partial charge in [0.25, 0.3) is 0 Å². The van der Waals surface area contributed by atoms with E-state index in [1.165, 1.54) is 26.2 Å². The molecule has 2 N–H and O–H groups in total. The second-order valence-corrected chi connectivity index (χ2v) is 3.74. The van der Waals surface area contributed by atoms with Crippen LogP contribution in [0.2, 0.25) is 0 Å². The average Bonchev–Trinajstić information content (AvgIpc) is 2.38. The zero-order valence-corrected chi connectivity index (χ0v) is 11.0. The lowest BCUT2D eigenvalue weighted by atomic mass is 10.3. The molecule has 1 heterocycles. The SMILES string of the molecule is CCNc1ccc([N+](=O)[O-])c(NC(C)C(=O)OC)n1. The number of carbonyl (C=O) groups excluding carboxylic acids is 1. The lowest BCUT2D eigenvalue weighted by molar-refractivity contribution is -0.384. The summed E-state index contributed by atoms with van der Waals surface area (Å²) in [5.74, 6) is -0.000956. The van der Waals surface area contributed by atoms with E-state index in [1.54, 1.807) is 0 Å². The summed E-state index contributed by atoms with van der Waals surface area (Å²) >= 11 is 0. The van der Waals surface area contributed by atoms with Gasteiger partial charge in [-0.2, -0.15) is 0 Å². The van der Waals surface area contributed by atoms with Gasteiger partial charge >= 0.3 is 11.7 Å². The van der Waals surface area contributed by atoms with Gasteiger partial charge in [0.2, 0.25) is 5.82 Å². The summed E-state index contributed by atoms with van der Waals surface area (Å²) in [6, 6.07) is 2.11. The van der Waals surface area contributed by atoms with Crippen molar-refractivity contribution >= 4 is 23.3 Å². The number of rotatable bonds is 6. The molecular weight excluding hydrogens is 252 g/mol. The predicted octanol–water partition coefficient (Wildman–Crippen LogP) is 1.39. The number of hydrogen-bond acceptors (Lipinski definition) is 7. The van der Waals surface area contributed by atoms with Crippen molar-refractivity contribution in [2.75, 3.05) is 24.3 Å². The first-order valence-electron chi connectivity index (χ1n) is 5.73. The van der Waals surface area contributed by atoms with E-state index in [4.69, 9.17) is 0 Å². The van der Waals surface area contributed by atoms with Gasteiger partial charge in [0.1, 0.15) is 11.9 Å². The number of esters is 1. The lowest BCUT2D eigenvalue weighted by Gasteiger charge is -2.13. The Labute approximate surface area is 110 Å². The Morgan fingerprint density at radius 3 is 2.79 bits per heavy atom. The molecule has 1 rings (SSSR count). The molecule has 104 valence electrons. The number of nitrogens with zero attached hydrogens (tertiary/aromatic N) is 2. The molecule has 0 amide bonds. The standard InChI is InChI=1S/C11H16N4O4/c1-4-12-9-6-5-8(15(17)18)10(14-9)13-7(2)11(16)19-3/h5-7H,4H2,1-3H3,(H2,12,13,14). The number of nitro groups is 1. The maximum atomic E-state index is 11.3. The monoisotopic (exact) mass is 268 g/mol. The van der Waals surface area contributed by atoms with Crippen molar-refractivity contribution < 1.29 is 14.5 Å². The fourth-order valence-corrected chi connectivity index (χ4v) is 1.43. The van der Waals surface area contributed by atoms with E-state index in [0.29, 0.717) is 12.4 Å². The van der Waals surface area contributed by atoms with Gasteiger partial charge in [0, 0.05) is 12.6 Å². The first-order valence-corrected chi connectivity index (χ1v) is 5.73. The Hall–Kier alpha value is -2.38. The van der Waals surface area contributed by atoms with Crippen molar-refractivity contribution in [3.63, 3.8) is 0 Å². The summed E-state index contributed by atoms with van der Waals surface area (Å²) in [5, 5.41) is 16.5. The van der Waals surface area contributed by atoms with Crippen molar-refractivity contribution in [3.8, 4) is 0 Å². The molecular formula is C11H16N4O4. The first-order chi connectivity index (χ1) is 8.99. The van der Waals surface area contributed by atoms with Gasteiger partial charge in [-0.15, -0.1) is 0 Å². The number of nitrogens with one attached hydrogen (secondary N) is 2. The molecule has 0 aromatic carbocycles. The molecule has 1 aromatic rings. The third-order valence-corrected chi connectivity index (χ3v) is 2.34. The Balaban J connectivity index is 3.03. The molecule has 0 saturated heterocycles. The molecule has 0 bridgehead atoms. The number of anilines is 2. The molecule has 0 aliphatic heterocycles. The van der Waals surface area contributed by atoms with Crippen LogP contribution in [-0.2, 0) is 9.53 Å². The fourth-order valence-electron chi connectivity index (χ4n) is 1.43. The van der Waals surface area contributed by atoms with E-state index in [2.05, 4.69) is 20.4 Å². The van der Waals surface area contributed by atoms with Crippen molar-refractivity contribution in [2.45, 2.75) is 19.9 Å². The molecule has 0 aliphatic rings. The summed E-state index contributed by atoms with van der Waals surface area (Å²) in [6.07, 6.45) is 0.